The van der Waals surface area contributed by atoms with Gasteiger partial charge in [-0.25, -0.2) is 0 Å². The fraction of sp³-hybridized carbons (Fsp3) is 0.364. The van der Waals surface area contributed by atoms with E-state index in [0.717, 1.165) is 5.56 Å². The van der Waals surface area contributed by atoms with Gasteiger partial charge in [-0.3, -0.25) is 0 Å². The maximum atomic E-state index is 9.01. The Morgan fingerprint density at radius 1 is 1.20 bits per heavy atom. The molecule has 15 heavy (non-hydrogen) atoms. The Morgan fingerprint density at radius 3 is 2.47 bits per heavy atom. The summed E-state index contributed by atoms with van der Waals surface area (Å²) in [5.74, 6) is 0.00569. The molecular weight excluding hydrogens is 194 g/mol. The van der Waals surface area contributed by atoms with Crippen molar-refractivity contribution in [3.05, 3.63) is 35.9 Å². The lowest BCUT2D eigenvalue weighted by molar-refractivity contribution is -0.111. The minimum atomic E-state index is 0.00569. The van der Waals surface area contributed by atoms with Crippen molar-refractivity contribution < 1.29 is 14.7 Å². The summed E-state index contributed by atoms with van der Waals surface area (Å²) in [6.45, 7) is 1.40. The van der Waals surface area contributed by atoms with Crippen LogP contribution in [0.25, 0.3) is 0 Å². The SMILES string of the molecule is O/N=C(/c1ccccc1)C1COCOC1. The maximum Gasteiger partial charge on any atom is 0.146 e. The average Bonchev–Trinajstić information content (AvgIpc) is 2.33. The summed E-state index contributed by atoms with van der Waals surface area (Å²) < 4.78 is 10.3. The predicted molar refractivity (Wildman–Crippen MR) is 55.0 cm³/mol. The third-order valence-electron chi connectivity index (χ3n) is 2.37. The topological polar surface area (TPSA) is 51.1 Å². The zero-order valence-electron chi connectivity index (χ0n) is 8.30. The van der Waals surface area contributed by atoms with E-state index in [9.17, 15) is 0 Å². The summed E-state index contributed by atoms with van der Waals surface area (Å²) >= 11 is 0. The highest BCUT2D eigenvalue weighted by molar-refractivity contribution is 6.02. The number of hydrogen-bond acceptors (Lipinski definition) is 4. The molecule has 1 N–H and O–H groups in total. The van der Waals surface area contributed by atoms with Gasteiger partial charge in [0.25, 0.3) is 0 Å². The van der Waals surface area contributed by atoms with Gasteiger partial charge in [-0.2, -0.15) is 0 Å². The smallest absolute Gasteiger partial charge is 0.146 e. The van der Waals surface area contributed by atoms with Crippen LogP contribution in [0.1, 0.15) is 5.56 Å². The normalized spacial score (nSPS) is 19.1. The molecule has 1 fully saturated rings. The minimum absolute atomic E-state index is 0.00569. The first kappa shape index (κ1) is 10.1. The van der Waals surface area contributed by atoms with E-state index in [1.807, 2.05) is 30.3 Å². The van der Waals surface area contributed by atoms with Crippen LogP contribution in [-0.4, -0.2) is 30.9 Å². The Hall–Kier alpha value is -1.39. The molecule has 1 aromatic carbocycles. The Morgan fingerprint density at radius 2 is 1.87 bits per heavy atom. The van der Waals surface area contributed by atoms with Crippen molar-refractivity contribution in [3.63, 3.8) is 0 Å². The molecule has 2 rings (SSSR count). The van der Waals surface area contributed by atoms with Crippen molar-refractivity contribution >= 4 is 5.71 Å². The van der Waals surface area contributed by atoms with E-state index in [4.69, 9.17) is 14.7 Å². The van der Waals surface area contributed by atoms with Crippen molar-refractivity contribution in [1.82, 2.24) is 0 Å². The molecule has 0 saturated carbocycles. The molecule has 1 saturated heterocycles. The molecule has 0 amide bonds. The Bertz CT molecular complexity index is 331. The van der Waals surface area contributed by atoms with Gasteiger partial charge in [0.1, 0.15) is 6.79 Å². The van der Waals surface area contributed by atoms with E-state index < -0.39 is 0 Å². The highest BCUT2D eigenvalue weighted by Gasteiger charge is 2.22. The van der Waals surface area contributed by atoms with Gasteiger partial charge in [-0.1, -0.05) is 35.5 Å². The molecule has 0 bridgehead atoms. The Balaban J connectivity index is 2.17. The molecule has 0 spiro atoms. The summed E-state index contributed by atoms with van der Waals surface area (Å²) in [6.07, 6.45) is 0. The number of oxime groups is 1. The molecule has 1 aliphatic heterocycles. The second-order valence-corrected chi connectivity index (χ2v) is 3.41. The highest BCUT2D eigenvalue weighted by Crippen LogP contribution is 2.14. The van der Waals surface area contributed by atoms with Crippen LogP contribution in [0.3, 0.4) is 0 Å². The molecule has 0 unspecified atom stereocenters. The van der Waals surface area contributed by atoms with Crippen molar-refractivity contribution in [2.75, 3.05) is 20.0 Å². The summed E-state index contributed by atoms with van der Waals surface area (Å²) in [6, 6.07) is 9.55. The molecule has 0 radical (unpaired) electrons. The lowest BCUT2D eigenvalue weighted by atomic mass is 9.98. The number of nitrogens with zero attached hydrogens (tertiary/aromatic N) is 1. The third kappa shape index (κ3) is 2.34. The maximum absolute atomic E-state index is 9.01. The third-order valence-corrected chi connectivity index (χ3v) is 2.37. The number of hydrogen-bond donors (Lipinski definition) is 1. The fourth-order valence-corrected chi connectivity index (χ4v) is 1.63. The first-order chi connectivity index (χ1) is 7.42. The molecule has 0 aliphatic carbocycles. The van der Waals surface area contributed by atoms with Crippen LogP contribution < -0.4 is 0 Å². The molecular formula is C11H13NO3. The first-order valence-electron chi connectivity index (χ1n) is 4.84. The van der Waals surface area contributed by atoms with Gasteiger partial charge in [0.15, 0.2) is 0 Å². The van der Waals surface area contributed by atoms with Gasteiger partial charge in [-0.15, -0.1) is 0 Å². The molecule has 80 valence electrons. The van der Waals surface area contributed by atoms with Crippen LogP contribution in [0, 0.1) is 5.92 Å². The number of rotatable bonds is 2. The van der Waals surface area contributed by atoms with Crippen LogP contribution in [0.15, 0.2) is 35.5 Å². The minimum Gasteiger partial charge on any atom is -0.411 e. The van der Waals surface area contributed by atoms with Gasteiger partial charge >= 0.3 is 0 Å². The van der Waals surface area contributed by atoms with E-state index in [1.54, 1.807) is 0 Å². The van der Waals surface area contributed by atoms with Crippen molar-refractivity contribution in [2.45, 2.75) is 0 Å². The van der Waals surface area contributed by atoms with Gasteiger partial charge in [-0.05, 0) is 5.56 Å². The highest BCUT2D eigenvalue weighted by atomic mass is 16.7. The quantitative estimate of drug-likeness (QED) is 0.454. The lowest BCUT2D eigenvalue weighted by Crippen LogP contribution is -2.31. The zero-order valence-corrected chi connectivity index (χ0v) is 8.30. The van der Waals surface area contributed by atoms with E-state index in [-0.39, 0.29) is 5.92 Å². The van der Waals surface area contributed by atoms with Crippen LogP contribution >= 0.6 is 0 Å². The molecule has 1 aromatic rings. The largest absolute Gasteiger partial charge is 0.411 e. The van der Waals surface area contributed by atoms with Crippen molar-refractivity contribution in [2.24, 2.45) is 11.1 Å². The Kier molecular flexibility index (Phi) is 3.32. The molecule has 0 atom stereocenters. The molecule has 1 heterocycles. The number of benzene rings is 1. The lowest BCUT2D eigenvalue weighted by Gasteiger charge is -2.23. The van der Waals surface area contributed by atoms with Crippen LogP contribution in [0.2, 0.25) is 0 Å². The summed E-state index contributed by atoms with van der Waals surface area (Å²) in [7, 11) is 0. The van der Waals surface area contributed by atoms with Crippen LogP contribution in [0.4, 0.5) is 0 Å². The monoisotopic (exact) mass is 207 g/mol. The molecule has 0 aromatic heterocycles. The van der Waals surface area contributed by atoms with E-state index in [0.29, 0.717) is 25.7 Å². The molecule has 1 aliphatic rings. The summed E-state index contributed by atoms with van der Waals surface area (Å²) in [5.41, 5.74) is 1.52. The van der Waals surface area contributed by atoms with Crippen molar-refractivity contribution in [1.29, 1.82) is 0 Å². The Labute approximate surface area is 88.1 Å². The van der Waals surface area contributed by atoms with Gasteiger partial charge < -0.3 is 14.7 Å². The average molecular weight is 207 g/mol. The van der Waals surface area contributed by atoms with E-state index >= 15 is 0 Å². The van der Waals surface area contributed by atoms with Gasteiger partial charge in [0, 0.05) is 0 Å². The van der Waals surface area contributed by atoms with Crippen LogP contribution in [-0.2, 0) is 9.47 Å². The molecule has 4 nitrogen and oxygen atoms in total. The van der Waals surface area contributed by atoms with E-state index in [2.05, 4.69) is 5.16 Å². The standard InChI is InChI=1S/C11H13NO3/c13-12-11(9-4-2-1-3-5-9)10-6-14-8-15-7-10/h1-5,10,13H,6-8H2/b12-11-. The second-order valence-electron chi connectivity index (χ2n) is 3.41. The van der Waals surface area contributed by atoms with Crippen molar-refractivity contribution in [3.8, 4) is 0 Å². The zero-order chi connectivity index (χ0) is 10.5. The van der Waals surface area contributed by atoms with Gasteiger partial charge in [0.05, 0.1) is 24.8 Å². The second kappa shape index (κ2) is 4.91. The van der Waals surface area contributed by atoms with E-state index in [1.165, 1.54) is 0 Å². The predicted octanol–water partition coefficient (Wildman–Crippen LogP) is 1.49. The summed E-state index contributed by atoms with van der Waals surface area (Å²) in [5, 5.41) is 12.3. The fourth-order valence-electron chi connectivity index (χ4n) is 1.63. The molecule has 4 heteroatoms. The summed E-state index contributed by atoms with van der Waals surface area (Å²) in [4.78, 5) is 0. The number of ether oxygens (including phenoxy) is 2. The first-order valence-corrected chi connectivity index (χ1v) is 4.84. The van der Waals surface area contributed by atoms with Crippen LogP contribution in [0.5, 0.6) is 0 Å². The van der Waals surface area contributed by atoms with Gasteiger partial charge in [0.2, 0.25) is 0 Å².